The standard InChI is InChI=1S/C24H22N2O3S/c1-16-8-9-17-12-19(23(27)25-22(17)11-16)14-26(15-21-7-4-10-30-21)24(28)18-5-3-6-20(13-18)29-2/h3-13H,14-15H2,1-2H3,(H,25,27). The Morgan fingerprint density at radius 2 is 1.93 bits per heavy atom. The minimum atomic E-state index is -0.178. The molecule has 0 saturated carbocycles. The fourth-order valence-electron chi connectivity index (χ4n) is 3.41. The van der Waals surface area contributed by atoms with Gasteiger partial charge in [-0.2, -0.15) is 0 Å². The molecule has 2 aromatic carbocycles. The van der Waals surface area contributed by atoms with E-state index in [1.165, 1.54) is 0 Å². The number of amides is 1. The first-order chi connectivity index (χ1) is 14.5. The molecular formula is C24H22N2O3S. The second-order valence-corrected chi connectivity index (χ2v) is 8.22. The quantitative estimate of drug-likeness (QED) is 0.492. The van der Waals surface area contributed by atoms with E-state index in [4.69, 9.17) is 4.74 Å². The number of fused-ring (bicyclic) bond motifs is 1. The van der Waals surface area contributed by atoms with Gasteiger partial charge in [0.2, 0.25) is 0 Å². The third kappa shape index (κ3) is 4.28. The lowest BCUT2D eigenvalue weighted by atomic mass is 10.1. The number of carbonyl (C=O) groups excluding carboxylic acids is 1. The van der Waals surface area contributed by atoms with Crippen molar-refractivity contribution in [3.8, 4) is 5.75 Å². The monoisotopic (exact) mass is 418 g/mol. The van der Waals surface area contributed by atoms with Gasteiger partial charge in [-0.1, -0.05) is 24.3 Å². The number of rotatable bonds is 6. The molecular weight excluding hydrogens is 396 g/mol. The van der Waals surface area contributed by atoms with Crippen LogP contribution < -0.4 is 10.3 Å². The molecule has 6 heteroatoms. The average Bonchev–Trinajstić information content (AvgIpc) is 3.26. The average molecular weight is 419 g/mol. The topological polar surface area (TPSA) is 62.4 Å². The maximum atomic E-state index is 13.3. The zero-order chi connectivity index (χ0) is 21.1. The normalized spacial score (nSPS) is 10.9. The number of thiophene rings is 1. The molecule has 0 aliphatic carbocycles. The molecule has 4 rings (SSSR count). The highest BCUT2D eigenvalue weighted by Gasteiger charge is 2.19. The number of hydrogen-bond donors (Lipinski definition) is 1. The van der Waals surface area contributed by atoms with E-state index >= 15 is 0 Å². The van der Waals surface area contributed by atoms with Crippen LogP contribution in [0.4, 0.5) is 0 Å². The van der Waals surface area contributed by atoms with Crippen molar-refractivity contribution in [1.82, 2.24) is 9.88 Å². The highest BCUT2D eigenvalue weighted by atomic mass is 32.1. The maximum absolute atomic E-state index is 13.3. The van der Waals surface area contributed by atoms with Gasteiger partial charge in [-0.05, 0) is 59.7 Å². The number of H-pyrrole nitrogens is 1. The Morgan fingerprint density at radius 3 is 2.70 bits per heavy atom. The summed E-state index contributed by atoms with van der Waals surface area (Å²) in [7, 11) is 1.57. The fraction of sp³-hybridized carbons (Fsp3) is 0.167. The molecule has 1 N–H and O–H groups in total. The Morgan fingerprint density at radius 1 is 1.07 bits per heavy atom. The second kappa shape index (κ2) is 8.55. The first-order valence-electron chi connectivity index (χ1n) is 9.62. The number of carbonyl (C=O) groups is 1. The van der Waals surface area contributed by atoms with Crippen molar-refractivity contribution >= 4 is 28.1 Å². The van der Waals surface area contributed by atoms with Gasteiger partial charge in [0.05, 0.1) is 20.2 Å². The molecule has 1 amide bonds. The summed E-state index contributed by atoms with van der Waals surface area (Å²) in [6.07, 6.45) is 0. The smallest absolute Gasteiger partial charge is 0.254 e. The Hall–Kier alpha value is -3.38. The van der Waals surface area contributed by atoms with Crippen molar-refractivity contribution in [3.05, 3.63) is 98.0 Å². The molecule has 2 aromatic heterocycles. The molecule has 0 radical (unpaired) electrons. The van der Waals surface area contributed by atoms with E-state index in [0.29, 0.717) is 23.4 Å². The molecule has 0 unspecified atom stereocenters. The molecule has 2 heterocycles. The van der Waals surface area contributed by atoms with Crippen LogP contribution in [-0.2, 0) is 13.1 Å². The summed E-state index contributed by atoms with van der Waals surface area (Å²) in [4.78, 5) is 31.8. The zero-order valence-electron chi connectivity index (χ0n) is 16.8. The number of pyridine rings is 1. The maximum Gasteiger partial charge on any atom is 0.254 e. The number of benzene rings is 2. The molecule has 0 aliphatic heterocycles. The van der Waals surface area contributed by atoms with Gasteiger partial charge < -0.3 is 14.6 Å². The SMILES string of the molecule is COc1cccc(C(=O)N(Cc2cccs2)Cc2cc3ccc(C)cc3[nH]c2=O)c1. The van der Waals surface area contributed by atoms with Crippen LogP contribution in [0.3, 0.4) is 0 Å². The number of ether oxygens (including phenoxy) is 1. The predicted molar refractivity (Wildman–Crippen MR) is 120 cm³/mol. The number of aromatic amines is 1. The van der Waals surface area contributed by atoms with Crippen molar-refractivity contribution in [1.29, 1.82) is 0 Å². The van der Waals surface area contributed by atoms with Crippen LogP contribution in [0.5, 0.6) is 5.75 Å². The first-order valence-corrected chi connectivity index (χ1v) is 10.5. The number of hydrogen-bond acceptors (Lipinski definition) is 4. The number of aryl methyl sites for hydroxylation is 1. The number of methoxy groups -OCH3 is 1. The van der Waals surface area contributed by atoms with Gasteiger partial charge in [0.1, 0.15) is 5.75 Å². The van der Waals surface area contributed by atoms with E-state index in [9.17, 15) is 9.59 Å². The number of aromatic nitrogens is 1. The van der Waals surface area contributed by atoms with E-state index in [1.54, 1.807) is 47.6 Å². The summed E-state index contributed by atoms with van der Waals surface area (Å²) < 4.78 is 5.26. The third-order valence-electron chi connectivity index (χ3n) is 4.97. The van der Waals surface area contributed by atoms with Crippen molar-refractivity contribution in [3.63, 3.8) is 0 Å². The minimum absolute atomic E-state index is 0.147. The Balaban J connectivity index is 1.70. The van der Waals surface area contributed by atoms with Crippen LogP contribution in [0, 0.1) is 6.92 Å². The summed E-state index contributed by atoms with van der Waals surface area (Å²) in [6, 6.07) is 18.8. The Kier molecular flexibility index (Phi) is 5.68. The highest BCUT2D eigenvalue weighted by Crippen LogP contribution is 2.20. The van der Waals surface area contributed by atoms with E-state index in [0.717, 1.165) is 21.3 Å². The van der Waals surface area contributed by atoms with Gasteiger partial charge in [0.15, 0.2) is 0 Å². The van der Waals surface area contributed by atoms with Crippen LogP contribution in [0.1, 0.15) is 26.4 Å². The molecule has 4 aromatic rings. The molecule has 5 nitrogen and oxygen atoms in total. The molecule has 0 fully saturated rings. The van der Waals surface area contributed by atoms with Crippen molar-refractivity contribution in [2.75, 3.05) is 7.11 Å². The number of nitrogens with zero attached hydrogens (tertiary/aromatic N) is 1. The molecule has 0 saturated heterocycles. The molecule has 0 spiro atoms. The summed E-state index contributed by atoms with van der Waals surface area (Å²) in [5.74, 6) is 0.474. The van der Waals surface area contributed by atoms with Crippen LogP contribution in [0.15, 0.2) is 70.8 Å². The van der Waals surface area contributed by atoms with Gasteiger partial charge >= 0.3 is 0 Å². The van der Waals surface area contributed by atoms with Crippen LogP contribution in [0.25, 0.3) is 10.9 Å². The van der Waals surface area contributed by atoms with Gasteiger partial charge in [-0.15, -0.1) is 11.3 Å². The third-order valence-corrected chi connectivity index (χ3v) is 5.83. The van der Waals surface area contributed by atoms with Crippen LogP contribution >= 0.6 is 11.3 Å². The molecule has 0 atom stereocenters. The van der Waals surface area contributed by atoms with E-state index in [1.807, 2.05) is 48.7 Å². The van der Waals surface area contributed by atoms with Gasteiger partial charge in [-0.25, -0.2) is 0 Å². The Labute approximate surface area is 178 Å². The lowest BCUT2D eigenvalue weighted by Crippen LogP contribution is -2.32. The zero-order valence-corrected chi connectivity index (χ0v) is 17.7. The molecule has 0 aliphatic rings. The summed E-state index contributed by atoms with van der Waals surface area (Å²) in [6.45, 7) is 2.63. The van der Waals surface area contributed by atoms with Crippen LogP contribution in [-0.4, -0.2) is 22.9 Å². The summed E-state index contributed by atoms with van der Waals surface area (Å²) in [5.41, 5.74) is 2.78. The first kappa shape index (κ1) is 19.9. The molecule has 30 heavy (non-hydrogen) atoms. The van der Waals surface area contributed by atoms with E-state index in [-0.39, 0.29) is 18.0 Å². The summed E-state index contributed by atoms with van der Waals surface area (Å²) >= 11 is 1.59. The largest absolute Gasteiger partial charge is 0.497 e. The second-order valence-electron chi connectivity index (χ2n) is 7.19. The number of nitrogens with one attached hydrogen (secondary N) is 1. The van der Waals surface area contributed by atoms with Gasteiger partial charge in [0.25, 0.3) is 11.5 Å². The van der Waals surface area contributed by atoms with Gasteiger partial charge in [0, 0.05) is 21.5 Å². The fourth-order valence-corrected chi connectivity index (χ4v) is 4.13. The van der Waals surface area contributed by atoms with E-state index in [2.05, 4.69) is 4.98 Å². The molecule has 0 bridgehead atoms. The van der Waals surface area contributed by atoms with Crippen molar-refractivity contribution in [2.24, 2.45) is 0 Å². The van der Waals surface area contributed by atoms with Crippen molar-refractivity contribution in [2.45, 2.75) is 20.0 Å². The molecule has 152 valence electrons. The van der Waals surface area contributed by atoms with Crippen molar-refractivity contribution < 1.29 is 9.53 Å². The predicted octanol–water partition coefficient (Wildman–Crippen LogP) is 4.75. The lowest BCUT2D eigenvalue weighted by Gasteiger charge is -2.22. The van der Waals surface area contributed by atoms with E-state index < -0.39 is 0 Å². The minimum Gasteiger partial charge on any atom is -0.497 e. The lowest BCUT2D eigenvalue weighted by molar-refractivity contribution is 0.0731. The van der Waals surface area contributed by atoms with Crippen LogP contribution in [0.2, 0.25) is 0 Å². The Bertz CT molecular complexity index is 1250. The summed E-state index contributed by atoms with van der Waals surface area (Å²) in [5, 5.41) is 2.93. The van der Waals surface area contributed by atoms with Gasteiger partial charge in [-0.3, -0.25) is 9.59 Å². The highest BCUT2D eigenvalue weighted by molar-refractivity contribution is 7.09.